The molecule has 6 nitrogen and oxygen atoms in total. The van der Waals surface area contributed by atoms with E-state index in [0.717, 1.165) is 10.9 Å². The Bertz CT molecular complexity index is 1050. The molecule has 1 aliphatic rings. The average molecular weight is 393 g/mol. The Morgan fingerprint density at radius 1 is 1.17 bits per heavy atom. The molecule has 2 aromatic heterocycles. The summed E-state index contributed by atoms with van der Waals surface area (Å²) in [5, 5.41) is 0.926. The van der Waals surface area contributed by atoms with E-state index >= 15 is 0 Å². The van der Waals surface area contributed by atoms with E-state index in [1.807, 2.05) is 52.5 Å². The molecule has 1 fully saturated rings. The number of hydrogen-bond donors (Lipinski definition) is 0. The molecule has 29 heavy (non-hydrogen) atoms. The van der Waals surface area contributed by atoms with Gasteiger partial charge in [0.05, 0.1) is 12.8 Å². The van der Waals surface area contributed by atoms with Crippen LogP contribution in [-0.2, 0) is 11.3 Å². The second-order valence-electron chi connectivity index (χ2n) is 7.76. The molecule has 6 heteroatoms. The summed E-state index contributed by atoms with van der Waals surface area (Å²) in [6.45, 7) is 8.20. The quantitative estimate of drug-likeness (QED) is 0.679. The summed E-state index contributed by atoms with van der Waals surface area (Å²) in [4.78, 5) is 29.2. The average Bonchev–Trinajstić information content (AvgIpc) is 3.31. The topological polar surface area (TPSA) is 58.7 Å². The van der Waals surface area contributed by atoms with E-state index in [1.54, 1.807) is 6.26 Å². The number of fused-ring (bicyclic) bond motifs is 1. The third-order valence-electron chi connectivity index (χ3n) is 5.85. The number of rotatable bonds is 4. The molecule has 3 aromatic rings. The summed E-state index contributed by atoms with van der Waals surface area (Å²) in [6, 6.07) is 12.0. The van der Waals surface area contributed by atoms with E-state index in [4.69, 9.17) is 4.42 Å². The summed E-state index contributed by atoms with van der Waals surface area (Å²) < 4.78 is 7.67. The van der Waals surface area contributed by atoms with Crippen molar-refractivity contribution in [3.05, 3.63) is 59.5 Å². The summed E-state index contributed by atoms with van der Waals surface area (Å²) in [5.74, 6) is 0.130. The molecular weight excluding hydrogens is 366 g/mol. The maximum atomic E-state index is 13.4. The highest BCUT2D eigenvalue weighted by Crippen LogP contribution is 2.25. The van der Waals surface area contributed by atoms with Gasteiger partial charge in [-0.2, -0.15) is 0 Å². The van der Waals surface area contributed by atoms with Crippen LogP contribution < -0.4 is 0 Å². The Kier molecular flexibility index (Phi) is 5.18. The van der Waals surface area contributed by atoms with Gasteiger partial charge in [0.15, 0.2) is 0 Å². The number of piperazine rings is 1. The predicted molar refractivity (Wildman–Crippen MR) is 112 cm³/mol. The van der Waals surface area contributed by atoms with Gasteiger partial charge in [-0.25, -0.2) is 0 Å². The van der Waals surface area contributed by atoms with Crippen LogP contribution in [0.4, 0.5) is 0 Å². The van der Waals surface area contributed by atoms with Crippen molar-refractivity contribution in [3.8, 4) is 0 Å². The van der Waals surface area contributed by atoms with Gasteiger partial charge in [-0.3, -0.25) is 9.59 Å². The Morgan fingerprint density at radius 3 is 2.69 bits per heavy atom. The molecule has 0 radical (unpaired) electrons. The Hall–Kier alpha value is -3.02. The van der Waals surface area contributed by atoms with E-state index in [1.165, 1.54) is 5.56 Å². The van der Waals surface area contributed by atoms with Gasteiger partial charge >= 0.3 is 0 Å². The van der Waals surface area contributed by atoms with Crippen LogP contribution in [0.15, 0.2) is 47.1 Å². The molecule has 0 spiro atoms. The SMILES string of the molecule is CCC(=O)N1CCN(C(=O)c2cc3ccoc3n2Cc2ccccc2C)C[C@@H]1C. The number of carbonyl (C=O) groups is 2. The summed E-state index contributed by atoms with van der Waals surface area (Å²) in [5.41, 5.74) is 3.68. The lowest BCUT2D eigenvalue weighted by molar-refractivity contribution is -0.134. The number of hydrogen-bond acceptors (Lipinski definition) is 3. The molecule has 152 valence electrons. The van der Waals surface area contributed by atoms with Crippen molar-refractivity contribution in [1.29, 1.82) is 0 Å². The Morgan fingerprint density at radius 2 is 1.97 bits per heavy atom. The largest absolute Gasteiger partial charge is 0.448 e. The molecule has 4 rings (SSSR count). The van der Waals surface area contributed by atoms with E-state index in [9.17, 15) is 9.59 Å². The van der Waals surface area contributed by atoms with Crippen LogP contribution in [0, 0.1) is 6.92 Å². The minimum atomic E-state index is -0.0135. The standard InChI is InChI=1S/C23H27N3O3/c1-4-21(27)25-11-10-24(14-17(25)3)22(28)20-13-18-9-12-29-23(18)26(20)15-19-8-6-5-7-16(19)2/h5-9,12-13,17H,4,10-11,14-15H2,1-3H3/t17-/m0/s1. The zero-order chi connectivity index (χ0) is 20.5. The molecular formula is C23H27N3O3. The molecule has 1 atom stereocenters. The molecule has 0 bridgehead atoms. The van der Waals surface area contributed by atoms with Crippen molar-refractivity contribution >= 4 is 22.9 Å². The van der Waals surface area contributed by atoms with E-state index in [2.05, 4.69) is 19.1 Å². The summed E-state index contributed by atoms with van der Waals surface area (Å²) in [7, 11) is 0. The summed E-state index contributed by atoms with van der Waals surface area (Å²) in [6.07, 6.45) is 2.15. The van der Waals surface area contributed by atoms with Crippen molar-refractivity contribution < 1.29 is 14.0 Å². The predicted octanol–water partition coefficient (Wildman–Crippen LogP) is 3.67. The number of amides is 2. The maximum absolute atomic E-state index is 13.4. The number of furan rings is 1. The summed E-state index contributed by atoms with van der Waals surface area (Å²) >= 11 is 0. The van der Waals surface area contributed by atoms with Gasteiger partial charge in [-0.1, -0.05) is 31.2 Å². The highest BCUT2D eigenvalue weighted by atomic mass is 16.3. The lowest BCUT2D eigenvalue weighted by Crippen LogP contribution is -2.55. The molecule has 0 unspecified atom stereocenters. The molecule has 1 aliphatic heterocycles. The van der Waals surface area contributed by atoms with Gasteiger partial charge < -0.3 is 18.8 Å². The number of aryl methyl sites for hydroxylation is 1. The van der Waals surface area contributed by atoms with E-state index in [-0.39, 0.29) is 17.9 Å². The van der Waals surface area contributed by atoms with Crippen LogP contribution in [0.1, 0.15) is 41.9 Å². The first-order valence-electron chi connectivity index (χ1n) is 10.2. The molecule has 0 saturated carbocycles. The minimum Gasteiger partial charge on any atom is -0.448 e. The van der Waals surface area contributed by atoms with Crippen LogP contribution in [0.2, 0.25) is 0 Å². The highest BCUT2D eigenvalue weighted by molar-refractivity contribution is 5.98. The van der Waals surface area contributed by atoms with Crippen molar-refractivity contribution in [2.75, 3.05) is 19.6 Å². The van der Waals surface area contributed by atoms with Crippen LogP contribution >= 0.6 is 0 Å². The fourth-order valence-corrected chi connectivity index (χ4v) is 4.14. The van der Waals surface area contributed by atoms with Crippen molar-refractivity contribution in [3.63, 3.8) is 0 Å². The molecule has 2 amide bonds. The van der Waals surface area contributed by atoms with Gasteiger partial charge in [-0.15, -0.1) is 0 Å². The van der Waals surface area contributed by atoms with Gasteiger partial charge in [0.2, 0.25) is 11.6 Å². The Labute approximate surface area is 170 Å². The fraction of sp³-hybridized carbons (Fsp3) is 0.391. The first kappa shape index (κ1) is 19.3. The lowest BCUT2D eigenvalue weighted by Gasteiger charge is -2.39. The minimum absolute atomic E-state index is 0.0135. The maximum Gasteiger partial charge on any atom is 0.270 e. The second-order valence-corrected chi connectivity index (χ2v) is 7.76. The number of aromatic nitrogens is 1. The molecule has 1 aromatic carbocycles. The molecule has 0 aliphatic carbocycles. The van der Waals surface area contributed by atoms with Crippen LogP contribution in [-0.4, -0.2) is 51.9 Å². The van der Waals surface area contributed by atoms with Crippen LogP contribution in [0.5, 0.6) is 0 Å². The van der Waals surface area contributed by atoms with Crippen molar-refractivity contribution in [2.45, 2.75) is 39.8 Å². The molecule has 3 heterocycles. The van der Waals surface area contributed by atoms with Crippen LogP contribution in [0.3, 0.4) is 0 Å². The first-order chi connectivity index (χ1) is 14.0. The number of benzene rings is 1. The zero-order valence-corrected chi connectivity index (χ0v) is 17.2. The smallest absolute Gasteiger partial charge is 0.270 e. The third kappa shape index (κ3) is 3.55. The van der Waals surface area contributed by atoms with Crippen LogP contribution in [0.25, 0.3) is 11.1 Å². The van der Waals surface area contributed by atoms with Gasteiger partial charge in [-0.05, 0) is 37.1 Å². The molecule has 0 N–H and O–H groups in total. The lowest BCUT2D eigenvalue weighted by atomic mass is 10.1. The van der Waals surface area contributed by atoms with E-state index < -0.39 is 0 Å². The van der Waals surface area contributed by atoms with Crippen molar-refractivity contribution in [2.24, 2.45) is 0 Å². The number of carbonyl (C=O) groups excluding carboxylic acids is 2. The first-order valence-corrected chi connectivity index (χ1v) is 10.2. The van der Waals surface area contributed by atoms with Gasteiger partial charge in [0.25, 0.3) is 5.91 Å². The van der Waals surface area contributed by atoms with Crippen molar-refractivity contribution in [1.82, 2.24) is 14.4 Å². The van der Waals surface area contributed by atoms with E-state index in [0.29, 0.717) is 44.0 Å². The third-order valence-corrected chi connectivity index (χ3v) is 5.85. The fourth-order valence-electron chi connectivity index (χ4n) is 4.14. The monoisotopic (exact) mass is 393 g/mol. The Balaban J connectivity index is 1.62. The van der Waals surface area contributed by atoms with Gasteiger partial charge in [0, 0.05) is 37.5 Å². The van der Waals surface area contributed by atoms with Gasteiger partial charge in [0.1, 0.15) is 5.69 Å². The normalized spacial score (nSPS) is 17.1. The zero-order valence-electron chi connectivity index (χ0n) is 17.2. The molecule has 1 saturated heterocycles. The number of nitrogens with zero attached hydrogens (tertiary/aromatic N) is 3. The second kappa shape index (κ2) is 7.78. The highest BCUT2D eigenvalue weighted by Gasteiger charge is 2.31.